The summed E-state index contributed by atoms with van der Waals surface area (Å²) in [6, 6.07) is 0. The molecule has 2 rings (SSSR count). The standard InChI is InChI=1S/C19H26O7/c1-6-9(2)16(22)25-15(14-10(3)17(23)26-18(14)24)19(5)11(4)12(20)7-8-13(19)21/h6,11-12,15,17,20,23H,7-8H2,1-5H3. The van der Waals surface area contributed by atoms with Gasteiger partial charge in [-0.25, -0.2) is 9.59 Å². The average Bonchev–Trinajstić information content (AvgIpc) is 2.85. The van der Waals surface area contributed by atoms with E-state index < -0.39 is 41.8 Å². The lowest BCUT2D eigenvalue weighted by Crippen LogP contribution is -2.55. The smallest absolute Gasteiger partial charge is 0.340 e. The van der Waals surface area contributed by atoms with E-state index in [0.29, 0.717) is 12.0 Å². The van der Waals surface area contributed by atoms with Crippen LogP contribution in [0.4, 0.5) is 0 Å². The number of hydrogen-bond acceptors (Lipinski definition) is 7. The van der Waals surface area contributed by atoms with Crippen LogP contribution in [-0.4, -0.2) is 46.4 Å². The molecule has 7 heteroatoms. The Bertz CT molecular complexity index is 690. The number of hydrogen-bond donors (Lipinski definition) is 2. The Morgan fingerprint density at radius 1 is 1.38 bits per heavy atom. The number of Topliss-reactive ketones (excluding diaryl/α,β-unsaturated/α-hetero) is 1. The van der Waals surface area contributed by atoms with E-state index in [1.807, 2.05) is 0 Å². The first-order valence-corrected chi connectivity index (χ1v) is 8.70. The molecule has 144 valence electrons. The summed E-state index contributed by atoms with van der Waals surface area (Å²) in [6.45, 7) is 8.00. The maximum absolute atomic E-state index is 12.8. The molecule has 2 aliphatic rings. The van der Waals surface area contributed by atoms with E-state index in [4.69, 9.17) is 9.47 Å². The number of carbonyl (C=O) groups excluding carboxylic acids is 3. The van der Waals surface area contributed by atoms with Crippen LogP contribution in [0.1, 0.15) is 47.5 Å². The maximum Gasteiger partial charge on any atom is 0.340 e. The Kier molecular flexibility index (Phi) is 5.73. The zero-order valence-electron chi connectivity index (χ0n) is 15.7. The topological polar surface area (TPSA) is 110 Å². The SMILES string of the molecule is CC=C(C)C(=O)OC(C1=C(C)C(O)OC1=O)C1(C)C(=O)CCC(O)C1C. The summed E-state index contributed by atoms with van der Waals surface area (Å²) in [7, 11) is 0. The second kappa shape index (κ2) is 7.32. The third kappa shape index (κ3) is 3.21. The summed E-state index contributed by atoms with van der Waals surface area (Å²) < 4.78 is 10.4. The van der Waals surface area contributed by atoms with E-state index in [2.05, 4.69) is 0 Å². The van der Waals surface area contributed by atoms with E-state index in [9.17, 15) is 24.6 Å². The van der Waals surface area contributed by atoms with Gasteiger partial charge in [0, 0.05) is 17.6 Å². The quantitative estimate of drug-likeness (QED) is 0.572. The number of carbonyl (C=O) groups is 3. The van der Waals surface area contributed by atoms with E-state index in [0.717, 1.165) is 0 Å². The molecule has 7 nitrogen and oxygen atoms in total. The molecule has 26 heavy (non-hydrogen) atoms. The van der Waals surface area contributed by atoms with Crippen molar-refractivity contribution in [2.24, 2.45) is 11.3 Å². The molecule has 1 aliphatic heterocycles. The Labute approximate surface area is 152 Å². The number of aliphatic hydroxyl groups is 2. The van der Waals surface area contributed by atoms with Gasteiger partial charge in [0.2, 0.25) is 6.29 Å². The van der Waals surface area contributed by atoms with Gasteiger partial charge in [-0.15, -0.1) is 0 Å². The molecule has 5 atom stereocenters. The van der Waals surface area contributed by atoms with Crippen LogP contribution in [0.2, 0.25) is 0 Å². The zero-order valence-corrected chi connectivity index (χ0v) is 15.7. The van der Waals surface area contributed by atoms with Gasteiger partial charge in [0.15, 0.2) is 0 Å². The van der Waals surface area contributed by atoms with Crippen molar-refractivity contribution in [1.82, 2.24) is 0 Å². The summed E-state index contributed by atoms with van der Waals surface area (Å²) in [5, 5.41) is 20.2. The molecular formula is C19H26O7. The predicted molar refractivity (Wildman–Crippen MR) is 91.6 cm³/mol. The van der Waals surface area contributed by atoms with Gasteiger partial charge >= 0.3 is 11.9 Å². The Hall–Kier alpha value is -1.99. The van der Waals surface area contributed by atoms with Crippen LogP contribution in [0, 0.1) is 11.3 Å². The van der Waals surface area contributed by atoms with Crippen LogP contribution in [0.15, 0.2) is 22.8 Å². The molecule has 1 heterocycles. The number of ketones is 1. The highest BCUT2D eigenvalue weighted by Gasteiger charge is 2.56. The van der Waals surface area contributed by atoms with Crippen LogP contribution in [0.5, 0.6) is 0 Å². The zero-order chi connectivity index (χ0) is 19.8. The number of rotatable bonds is 4. The van der Waals surface area contributed by atoms with Crippen LogP contribution >= 0.6 is 0 Å². The van der Waals surface area contributed by atoms with Gasteiger partial charge in [0.1, 0.15) is 11.9 Å². The first kappa shape index (κ1) is 20.3. The normalized spacial score (nSPS) is 34.0. The maximum atomic E-state index is 12.8. The van der Waals surface area contributed by atoms with Gasteiger partial charge < -0.3 is 19.7 Å². The van der Waals surface area contributed by atoms with Crippen molar-refractivity contribution >= 4 is 17.7 Å². The third-order valence-electron chi connectivity index (χ3n) is 5.81. The molecule has 0 aromatic carbocycles. The number of allylic oxidation sites excluding steroid dienone is 1. The molecule has 1 saturated carbocycles. The van der Waals surface area contributed by atoms with Crippen molar-refractivity contribution in [2.45, 2.75) is 66.0 Å². The largest absolute Gasteiger partial charge is 0.453 e. The minimum absolute atomic E-state index is 0.0356. The molecule has 2 N–H and O–H groups in total. The van der Waals surface area contributed by atoms with Gasteiger partial charge in [-0.05, 0) is 40.0 Å². The van der Waals surface area contributed by atoms with E-state index in [1.54, 1.807) is 33.8 Å². The first-order chi connectivity index (χ1) is 12.0. The third-order valence-corrected chi connectivity index (χ3v) is 5.81. The lowest BCUT2D eigenvalue weighted by atomic mass is 9.61. The Balaban J connectivity index is 2.59. The van der Waals surface area contributed by atoms with Crippen molar-refractivity contribution in [3.8, 4) is 0 Å². The molecule has 0 saturated heterocycles. The van der Waals surface area contributed by atoms with Gasteiger partial charge in [-0.2, -0.15) is 0 Å². The highest BCUT2D eigenvalue weighted by atomic mass is 16.6. The summed E-state index contributed by atoms with van der Waals surface area (Å²) in [4.78, 5) is 37.6. The van der Waals surface area contributed by atoms with E-state index in [1.165, 1.54) is 6.92 Å². The van der Waals surface area contributed by atoms with E-state index in [-0.39, 0.29) is 23.4 Å². The van der Waals surface area contributed by atoms with Crippen molar-refractivity contribution < 1.29 is 34.1 Å². The fourth-order valence-corrected chi connectivity index (χ4v) is 3.50. The molecule has 0 radical (unpaired) electrons. The minimum atomic E-state index is -1.44. The molecule has 0 spiro atoms. The number of esters is 2. The fraction of sp³-hybridized carbons (Fsp3) is 0.632. The highest BCUT2D eigenvalue weighted by molar-refractivity contribution is 5.97. The second-order valence-electron chi connectivity index (χ2n) is 7.21. The lowest BCUT2D eigenvalue weighted by Gasteiger charge is -2.45. The van der Waals surface area contributed by atoms with Crippen molar-refractivity contribution in [3.63, 3.8) is 0 Å². The monoisotopic (exact) mass is 366 g/mol. The fourth-order valence-electron chi connectivity index (χ4n) is 3.50. The molecule has 0 bridgehead atoms. The van der Waals surface area contributed by atoms with Crippen LogP contribution in [0.25, 0.3) is 0 Å². The Morgan fingerprint density at radius 3 is 2.50 bits per heavy atom. The van der Waals surface area contributed by atoms with Gasteiger partial charge in [-0.3, -0.25) is 4.79 Å². The van der Waals surface area contributed by atoms with Gasteiger partial charge in [0.25, 0.3) is 0 Å². The van der Waals surface area contributed by atoms with Crippen LogP contribution in [0.3, 0.4) is 0 Å². The molecule has 1 aliphatic carbocycles. The number of cyclic esters (lactones) is 1. The molecule has 0 aromatic heterocycles. The number of aliphatic hydroxyl groups excluding tert-OH is 2. The minimum Gasteiger partial charge on any atom is -0.453 e. The van der Waals surface area contributed by atoms with E-state index >= 15 is 0 Å². The lowest BCUT2D eigenvalue weighted by molar-refractivity contribution is -0.166. The average molecular weight is 366 g/mol. The van der Waals surface area contributed by atoms with Gasteiger partial charge in [0.05, 0.1) is 17.1 Å². The molecule has 0 amide bonds. The molecule has 0 aromatic rings. The molecule has 1 fully saturated rings. The summed E-state index contributed by atoms with van der Waals surface area (Å²) in [6.07, 6.45) is -1.48. The second-order valence-corrected chi connectivity index (χ2v) is 7.21. The summed E-state index contributed by atoms with van der Waals surface area (Å²) in [5.74, 6) is -2.26. The van der Waals surface area contributed by atoms with Crippen molar-refractivity contribution in [2.75, 3.05) is 0 Å². The number of ether oxygens (including phenoxy) is 2. The molecular weight excluding hydrogens is 340 g/mol. The first-order valence-electron chi connectivity index (χ1n) is 8.70. The van der Waals surface area contributed by atoms with Gasteiger partial charge in [-0.1, -0.05) is 13.0 Å². The summed E-state index contributed by atoms with van der Waals surface area (Å²) >= 11 is 0. The van der Waals surface area contributed by atoms with Crippen LogP contribution in [-0.2, 0) is 23.9 Å². The van der Waals surface area contributed by atoms with Crippen LogP contribution < -0.4 is 0 Å². The summed E-state index contributed by atoms with van der Waals surface area (Å²) in [5.41, 5.74) is -0.833. The predicted octanol–water partition coefficient (Wildman–Crippen LogP) is 1.42. The molecule has 5 unspecified atom stereocenters. The highest BCUT2D eigenvalue weighted by Crippen LogP contribution is 2.46. The Morgan fingerprint density at radius 2 is 2.00 bits per heavy atom. The van der Waals surface area contributed by atoms with Crippen molar-refractivity contribution in [1.29, 1.82) is 0 Å². The van der Waals surface area contributed by atoms with Crippen molar-refractivity contribution in [3.05, 3.63) is 22.8 Å².